The lowest BCUT2D eigenvalue weighted by atomic mass is 10.2. The summed E-state index contributed by atoms with van der Waals surface area (Å²) in [6.07, 6.45) is 1.55. The van der Waals surface area contributed by atoms with Crippen molar-refractivity contribution in [1.82, 2.24) is 9.78 Å². The molecule has 1 heterocycles. The van der Waals surface area contributed by atoms with Crippen molar-refractivity contribution in [1.29, 1.82) is 0 Å². The fourth-order valence-electron chi connectivity index (χ4n) is 2.03. The van der Waals surface area contributed by atoms with Gasteiger partial charge in [-0.05, 0) is 46.6 Å². The Balaban J connectivity index is 2.11. The lowest BCUT2D eigenvalue weighted by molar-refractivity contribution is -0.114. The molecule has 0 unspecified atom stereocenters. The Kier molecular flexibility index (Phi) is 5.59. The van der Waals surface area contributed by atoms with Crippen molar-refractivity contribution in [2.45, 2.75) is 6.92 Å². The van der Waals surface area contributed by atoms with Crippen LogP contribution in [0.15, 0.2) is 38.1 Å². The minimum Gasteiger partial charge on any atom is -0.363 e. The number of benzene rings is 1. The lowest BCUT2D eigenvalue weighted by Crippen LogP contribution is -2.32. The fourth-order valence-corrected chi connectivity index (χ4v) is 3.16. The first kappa shape index (κ1) is 17.7. The van der Waals surface area contributed by atoms with E-state index in [1.54, 1.807) is 25.2 Å². The van der Waals surface area contributed by atoms with E-state index < -0.39 is 0 Å². The van der Waals surface area contributed by atoms with Gasteiger partial charge in [-0.1, -0.05) is 15.9 Å². The van der Waals surface area contributed by atoms with Crippen molar-refractivity contribution < 1.29 is 4.79 Å². The zero-order chi connectivity index (χ0) is 17.1. The molecule has 1 amide bonds. The van der Waals surface area contributed by atoms with E-state index >= 15 is 0 Å². The van der Waals surface area contributed by atoms with Crippen molar-refractivity contribution in [3.8, 4) is 0 Å². The van der Waals surface area contributed by atoms with Crippen LogP contribution in [0.25, 0.3) is 0 Å². The van der Waals surface area contributed by atoms with Crippen LogP contribution in [-0.4, -0.2) is 29.3 Å². The van der Waals surface area contributed by atoms with Gasteiger partial charge in [-0.3, -0.25) is 9.59 Å². The fraction of sp³-hybridized carbons (Fsp3) is 0.267. The number of nitrogens with one attached hydrogen (secondary N) is 1. The molecule has 0 aliphatic carbocycles. The standard InChI is InChI=1S/C15H16Br2N4O2/c1-9-6-10(16)4-5-11(9)19-13(22)8-20(2)12-7-18-21(3)15(23)14(12)17/h4-7H,8H2,1-3H3,(H,19,22). The van der Waals surface area contributed by atoms with Gasteiger partial charge in [0.05, 0.1) is 18.4 Å². The predicted molar refractivity (Wildman–Crippen MR) is 98.0 cm³/mol. The molecular weight excluding hydrogens is 428 g/mol. The van der Waals surface area contributed by atoms with Crippen LogP contribution in [0.1, 0.15) is 5.56 Å². The normalized spacial score (nSPS) is 10.5. The molecule has 2 rings (SSSR count). The van der Waals surface area contributed by atoms with Gasteiger partial charge in [0.15, 0.2) is 0 Å². The molecule has 23 heavy (non-hydrogen) atoms. The quantitative estimate of drug-likeness (QED) is 0.788. The van der Waals surface area contributed by atoms with Gasteiger partial charge < -0.3 is 10.2 Å². The SMILES string of the molecule is Cc1cc(Br)ccc1NC(=O)CN(C)c1cnn(C)c(=O)c1Br. The maximum atomic E-state index is 12.2. The highest BCUT2D eigenvalue weighted by Crippen LogP contribution is 2.21. The number of amides is 1. The number of nitrogens with zero attached hydrogens (tertiary/aromatic N) is 3. The average Bonchev–Trinajstić information content (AvgIpc) is 2.47. The molecule has 0 atom stereocenters. The van der Waals surface area contributed by atoms with E-state index in [1.807, 2.05) is 25.1 Å². The molecule has 1 N–H and O–H groups in total. The van der Waals surface area contributed by atoms with Gasteiger partial charge >= 0.3 is 0 Å². The summed E-state index contributed by atoms with van der Waals surface area (Å²) in [6.45, 7) is 2.02. The predicted octanol–water partition coefficient (Wildman–Crippen LogP) is 2.69. The smallest absolute Gasteiger partial charge is 0.282 e. The van der Waals surface area contributed by atoms with Crippen LogP contribution in [-0.2, 0) is 11.8 Å². The summed E-state index contributed by atoms with van der Waals surface area (Å²) in [5, 5.41) is 6.83. The van der Waals surface area contributed by atoms with Crippen molar-refractivity contribution in [3.63, 3.8) is 0 Å². The van der Waals surface area contributed by atoms with E-state index in [9.17, 15) is 9.59 Å². The largest absolute Gasteiger partial charge is 0.363 e. The molecule has 0 fully saturated rings. The van der Waals surface area contributed by atoms with E-state index in [4.69, 9.17) is 0 Å². The molecule has 1 aromatic heterocycles. The van der Waals surface area contributed by atoms with Crippen LogP contribution in [0.4, 0.5) is 11.4 Å². The summed E-state index contributed by atoms with van der Waals surface area (Å²) in [5.41, 5.74) is 2.04. The minimum absolute atomic E-state index is 0.100. The molecule has 0 saturated heterocycles. The Morgan fingerprint density at radius 3 is 2.74 bits per heavy atom. The summed E-state index contributed by atoms with van der Waals surface area (Å²) in [7, 11) is 3.30. The van der Waals surface area contributed by atoms with E-state index in [-0.39, 0.29) is 18.0 Å². The first-order chi connectivity index (χ1) is 10.8. The molecule has 0 aliphatic rings. The minimum atomic E-state index is -0.251. The molecule has 0 saturated carbocycles. The molecule has 6 nitrogen and oxygen atoms in total. The Bertz CT molecular complexity index is 805. The summed E-state index contributed by atoms with van der Waals surface area (Å²) in [4.78, 5) is 25.8. The van der Waals surface area contributed by atoms with Gasteiger partial charge in [-0.15, -0.1) is 0 Å². The maximum absolute atomic E-state index is 12.2. The van der Waals surface area contributed by atoms with Gasteiger partial charge in [0.2, 0.25) is 5.91 Å². The monoisotopic (exact) mass is 442 g/mol. The second kappa shape index (κ2) is 7.27. The number of aryl methyl sites for hydroxylation is 2. The van der Waals surface area contributed by atoms with Crippen LogP contribution in [0.5, 0.6) is 0 Å². The number of carbonyl (C=O) groups is 1. The molecule has 0 radical (unpaired) electrons. The number of anilines is 2. The summed E-state index contributed by atoms with van der Waals surface area (Å²) in [5.74, 6) is -0.175. The molecule has 2 aromatic rings. The van der Waals surface area contributed by atoms with Crippen LogP contribution >= 0.6 is 31.9 Å². The van der Waals surface area contributed by atoms with Crippen LogP contribution in [0.3, 0.4) is 0 Å². The summed E-state index contributed by atoms with van der Waals surface area (Å²) in [6, 6.07) is 5.64. The molecule has 0 spiro atoms. The van der Waals surface area contributed by atoms with Gasteiger partial charge in [0.25, 0.3) is 5.56 Å². The van der Waals surface area contributed by atoms with Crippen LogP contribution < -0.4 is 15.8 Å². The van der Waals surface area contributed by atoms with Crippen molar-refractivity contribution in [2.75, 3.05) is 23.8 Å². The number of hydrogen-bond donors (Lipinski definition) is 1. The van der Waals surface area contributed by atoms with E-state index in [2.05, 4.69) is 42.3 Å². The van der Waals surface area contributed by atoms with E-state index in [1.165, 1.54) is 4.68 Å². The van der Waals surface area contributed by atoms with Gasteiger partial charge in [-0.2, -0.15) is 5.10 Å². The molecule has 0 bridgehead atoms. The Labute approximate surface area is 150 Å². The summed E-state index contributed by atoms with van der Waals surface area (Å²) >= 11 is 6.65. The van der Waals surface area contributed by atoms with Crippen molar-refractivity contribution in [3.05, 3.63) is 49.3 Å². The van der Waals surface area contributed by atoms with Gasteiger partial charge in [-0.25, -0.2) is 4.68 Å². The molecule has 8 heteroatoms. The first-order valence-corrected chi connectivity index (χ1v) is 8.37. The third-order valence-corrected chi connectivity index (χ3v) is 4.55. The number of carbonyl (C=O) groups excluding carboxylic acids is 1. The number of rotatable bonds is 4. The van der Waals surface area contributed by atoms with Gasteiger partial charge in [0.1, 0.15) is 4.47 Å². The Morgan fingerprint density at radius 2 is 2.09 bits per heavy atom. The highest BCUT2D eigenvalue weighted by molar-refractivity contribution is 9.10. The highest BCUT2D eigenvalue weighted by Gasteiger charge is 2.14. The zero-order valence-corrected chi connectivity index (χ0v) is 16.1. The topological polar surface area (TPSA) is 67.2 Å². The second-order valence-electron chi connectivity index (χ2n) is 5.14. The van der Waals surface area contributed by atoms with Crippen molar-refractivity contribution in [2.24, 2.45) is 7.05 Å². The van der Waals surface area contributed by atoms with E-state index in [0.717, 1.165) is 15.7 Å². The number of likely N-dealkylation sites (N-methyl/N-ethyl adjacent to an activating group) is 1. The van der Waals surface area contributed by atoms with Crippen LogP contribution in [0, 0.1) is 6.92 Å². The Hall–Kier alpha value is -1.67. The molecular formula is C15H16Br2N4O2. The number of aromatic nitrogens is 2. The van der Waals surface area contributed by atoms with Crippen molar-refractivity contribution >= 4 is 49.1 Å². The van der Waals surface area contributed by atoms with Crippen LogP contribution in [0.2, 0.25) is 0 Å². The van der Waals surface area contributed by atoms with E-state index in [0.29, 0.717) is 10.2 Å². The van der Waals surface area contributed by atoms with Gasteiger partial charge in [0, 0.05) is 24.3 Å². The first-order valence-electron chi connectivity index (χ1n) is 6.78. The zero-order valence-electron chi connectivity index (χ0n) is 12.9. The molecule has 1 aromatic carbocycles. The number of hydrogen-bond acceptors (Lipinski definition) is 4. The maximum Gasteiger partial charge on any atom is 0.282 e. The average molecular weight is 444 g/mol. The third-order valence-electron chi connectivity index (χ3n) is 3.31. The summed E-state index contributed by atoms with van der Waals surface area (Å²) < 4.78 is 2.57. The highest BCUT2D eigenvalue weighted by atomic mass is 79.9. The molecule has 0 aliphatic heterocycles. The Morgan fingerprint density at radius 1 is 1.39 bits per heavy atom. The lowest BCUT2D eigenvalue weighted by Gasteiger charge is -2.20. The number of halogens is 2. The third kappa shape index (κ3) is 4.20. The molecule has 122 valence electrons. The second-order valence-corrected chi connectivity index (χ2v) is 6.84.